The van der Waals surface area contributed by atoms with E-state index in [0.717, 1.165) is 5.76 Å². The van der Waals surface area contributed by atoms with Gasteiger partial charge >= 0.3 is 0 Å². The summed E-state index contributed by atoms with van der Waals surface area (Å²) in [5.74, 6) is 1.10. The molecule has 1 saturated carbocycles. The largest absolute Gasteiger partial charge is 0.468 e. The van der Waals surface area contributed by atoms with E-state index >= 15 is 0 Å². The molecule has 0 radical (unpaired) electrons. The Kier molecular flexibility index (Phi) is 3.44. The first-order chi connectivity index (χ1) is 8.87. The lowest BCUT2D eigenvalue weighted by Gasteiger charge is -2.44. The first-order valence-corrected chi connectivity index (χ1v) is 7.32. The van der Waals surface area contributed by atoms with Gasteiger partial charge < -0.3 is 9.73 Å². The molecule has 3 rings (SSSR count). The van der Waals surface area contributed by atoms with Crippen molar-refractivity contribution in [3.8, 4) is 0 Å². The molecule has 0 amide bonds. The third kappa shape index (κ3) is 1.90. The summed E-state index contributed by atoms with van der Waals surface area (Å²) in [6.45, 7) is 2.53. The molecule has 18 heavy (non-hydrogen) atoms. The second kappa shape index (κ2) is 5.06. The Morgan fingerprint density at radius 2 is 1.94 bits per heavy atom. The van der Waals surface area contributed by atoms with Gasteiger partial charge in [0.1, 0.15) is 5.76 Å². The van der Waals surface area contributed by atoms with Gasteiger partial charge in [-0.25, -0.2) is 0 Å². The fourth-order valence-electron chi connectivity index (χ4n) is 4.07. The number of furan rings is 1. The minimum Gasteiger partial charge on any atom is -0.468 e. The Balaban J connectivity index is 1.92. The highest BCUT2D eigenvalue weighted by Gasteiger charge is 2.47. The summed E-state index contributed by atoms with van der Waals surface area (Å²) < 4.78 is 5.69. The van der Waals surface area contributed by atoms with Crippen LogP contribution in [0.5, 0.6) is 0 Å². The van der Waals surface area contributed by atoms with Crippen LogP contribution in [0.15, 0.2) is 22.8 Å². The predicted octanol–water partition coefficient (Wildman–Crippen LogP) is 2.95. The van der Waals surface area contributed by atoms with Gasteiger partial charge in [0.25, 0.3) is 0 Å². The number of nitrogens with zero attached hydrogens (tertiary/aromatic N) is 1. The third-order valence-electron chi connectivity index (χ3n) is 4.86. The van der Waals surface area contributed by atoms with E-state index in [4.69, 9.17) is 4.42 Å². The third-order valence-corrected chi connectivity index (χ3v) is 4.86. The second-order valence-electron chi connectivity index (χ2n) is 5.74. The molecule has 0 spiro atoms. The monoisotopic (exact) mass is 248 g/mol. The molecular formula is C15H24N2O. The Bertz CT molecular complexity index is 362. The molecule has 100 valence electrons. The van der Waals surface area contributed by atoms with Gasteiger partial charge in [-0.3, -0.25) is 4.90 Å². The molecule has 1 unspecified atom stereocenters. The van der Waals surface area contributed by atoms with E-state index in [1.165, 1.54) is 51.6 Å². The summed E-state index contributed by atoms with van der Waals surface area (Å²) >= 11 is 0. The molecule has 0 bridgehead atoms. The standard InChI is InChI=1S/C15H24N2O/c1-16-14(13-7-6-12-18-13)15(8-2-3-9-15)17-10-4-5-11-17/h6-7,12,14,16H,2-5,8-11H2,1H3. The maximum absolute atomic E-state index is 5.69. The van der Waals surface area contributed by atoms with Crippen LogP contribution >= 0.6 is 0 Å². The minimum atomic E-state index is 0.295. The number of rotatable bonds is 4. The molecule has 1 aliphatic heterocycles. The first kappa shape index (κ1) is 12.2. The van der Waals surface area contributed by atoms with Crippen molar-refractivity contribution in [3.63, 3.8) is 0 Å². The molecule has 1 aromatic rings. The van der Waals surface area contributed by atoms with Crippen LogP contribution in [0.4, 0.5) is 0 Å². The molecule has 3 heteroatoms. The normalized spacial score (nSPS) is 25.6. The van der Waals surface area contributed by atoms with Gasteiger partial charge in [-0.2, -0.15) is 0 Å². The average molecular weight is 248 g/mol. The quantitative estimate of drug-likeness (QED) is 0.888. The van der Waals surface area contributed by atoms with Crippen LogP contribution in [0.25, 0.3) is 0 Å². The molecule has 2 aliphatic rings. The number of nitrogens with one attached hydrogen (secondary N) is 1. The fourth-order valence-corrected chi connectivity index (χ4v) is 4.07. The van der Waals surface area contributed by atoms with Gasteiger partial charge in [0, 0.05) is 5.54 Å². The van der Waals surface area contributed by atoms with Crippen LogP contribution in [-0.4, -0.2) is 30.6 Å². The van der Waals surface area contributed by atoms with Crippen LogP contribution in [-0.2, 0) is 0 Å². The molecule has 1 atom stereocenters. The first-order valence-electron chi connectivity index (χ1n) is 7.32. The van der Waals surface area contributed by atoms with Crippen molar-refractivity contribution in [2.75, 3.05) is 20.1 Å². The van der Waals surface area contributed by atoms with Crippen LogP contribution in [0.3, 0.4) is 0 Å². The van der Waals surface area contributed by atoms with Crippen molar-refractivity contribution >= 4 is 0 Å². The van der Waals surface area contributed by atoms with Gasteiger partial charge in [-0.05, 0) is 58.0 Å². The molecule has 1 saturated heterocycles. The Morgan fingerprint density at radius 1 is 1.22 bits per heavy atom. The number of likely N-dealkylation sites (tertiary alicyclic amines) is 1. The summed E-state index contributed by atoms with van der Waals surface area (Å²) in [4.78, 5) is 2.73. The highest BCUT2D eigenvalue weighted by molar-refractivity contribution is 5.15. The highest BCUT2D eigenvalue weighted by atomic mass is 16.3. The van der Waals surface area contributed by atoms with Crippen molar-refractivity contribution in [2.45, 2.75) is 50.1 Å². The minimum absolute atomic E-state index is 0.295. The second-order valence-corrected chi connectivity index (χ2v) is 5.74. The van der Waals surface area contributed by atoms with Crippen LogP contribution < -0.4 is 5.32 Å². The predicted molar refractivity (Wildman–Crippen MR) is 72.5 cm³/mol. The van der Waals surface area contributed by atoms with Crippen molar-refractivity contribution in [2.24, 2.45) is 0 Å². The van der Waals surface area contributed by atoms with Crippen LogP contribution in [0, 0.1) is 0 Å². The molecule has 0 aromatic carbocycles. The summed E-state index contributed by atoms with van der Waals surface area (Å²) in [5, 5.41) is 3.53. The van der Waals surface area contributed by atoms with E-state index in [0.29, 0.717) is 11.6 Å². The van der Waals surface area contributed by atoms with Crippen molar-refractivity contribution in [1.29, 1.82) is 0 Å². The van der Waals surface area contributed by atoms with Gasteiger partial charge in [-0.1, -0.05) is 12.8 Å². The lowest BCUT2D eigenvalue weighted by Crippen LogP contribution is -2.53. The van der Waals surface area contributed by atoms with Crippen LogP contribution in [0.2, 0.25) is 0 Å². The maximum atomic E-state index is 5.69. The van der Waals surface area contributed by atoms with Crippen molar-refractivity contribution in [1.82, 2.24) is 10.2 Å². The van der Waals surface area contributed by atoms with E-state index in [9.17, 15) is 0 Å². The molecule has 1 aliphatic carbocycles. The molecule has 1 aromatic heterocycles. The number of hydrogen-bond acceptors (Lipinski definition) is 3. The van der Waals surface area contributed by atoms with E-state index in [1.807, 2.05) is 6.07 Å². The zero-order chi connectivity index (χ0) is 12.4. The number of likely N-dealkylation sites (N-methyl/N-ethyl adjacent to an activating group) is 1. The fraction of sp³-hybridized carbons (Fsp3) is 0.733. The lowest BCUT2D eigenvalue weighted by atomic mass is 9.84. The van der Waals surface area contributed by atoms with Gasteiger partial charge in [-0.15, -0.1) is 0 Å². The van der Waals surface area contributed by atoms with E-state index in [-0.39, 0.29) is 0 Å². The Hall–Kier alpha value is -0.800. The van der Waals surface area contributed by atoms with Crippen molar-refractivity contribution < 1.29 is 4.42 Å². The average Bonchev–Trinajstić information content (AvgIpc) is 3.14. The molecule has 2 heterocycles. The summed E-state index contributed by atoms with van der Waals surface area (Å²) in [7, 11) is 2.07. The van der Waals surface area contributed by atoms with E-state index in [1.54, 1.807) is 6.26 Å². The Labute approximate surface area is 110 Å². The highest BCUT2D eigenvalue weighted by Crippen LogP contribution is 2.45. The number of hydrogen-bond donors (Lipinski definition) is 1. The molecule has 3 nitrogen and oxygen atoms in total. The zero-order valence-corrected chi connectivity index (χ0v) is 11.3. The molecule has 2 fully saturated rings. The van der Waals surface area contributed by atoms with Gasteiger partial charge in [0.05, 0.1) is 12.3 Å². The lowest BCUT2D eigenvalue weighted by molar-refractivity contribution is 0.0705. The summed E-state index contributed by atoms with van der Waals surface area (Å²) in [5.41, 5.74) is 0.295. The summed E-state index contributed by atoms with van der Waals surface area (Å²) in [6, 6.07) is 4.47. The van der Waals surface area contributed by atoms with Crippen LogP contribution in [0.1, 0.15) is 50.3 Å². The van der Waals surface area contributed by atoms with Gasteiger partial charge in [0.2, 0.25) is 0 Å². The van der Waals surface area contributed by atoms with Gasteiger partial charge in [0.15, 0.2) is 0 Å². The topological polar surface area (TPSA) is 28.4 Å². The van der Waals surface area contributed by atoms with E-state index in [2.05, 4.69) is 23.3 Å². The SMILES string of the molecule is CNC(c1ccco1)C1(N2CCCC2)CCCC1. The zero-order valence-electron chi connectivity index (χ0n) is 11.3. The van der Waals surface area contributed by atoms with E-state index < -0.39 is 0 Å². The van der Waals surface area contributed by atoms with Crippen molar-refractivity contribution in [3.05, 3.63) is 24.2 Å². The maximum Gasteiger partial charge on any atom is 0.122 e. The Morgan fingerprint density at radius 3 is 2.50 bits per heavy atom. The summed E-state index contributed by atoms with van der Waals surface area (Å²) in [6.07, 6.45) is 9.84. The molecular weight excluding hydrogens is 224 g/mol. The molecule has 1 N–H and O–H groups in total. The smallest absolute Gasteiger partial charge is 0.122 e.